The van der Waals surface area contributed by atoms with E-state index in [0.717, 1.165) is 9.69 Å². The van der Waals surface area contributed by atoms with Crippen LogP contribution in [-0.4, -0.2) is 22.1 Å². The van der Waals surface area contributed by atoms with Gasteiger partial charge in [0.25, 0.3) is 5.91 Å². The van der Waals surface area contributed by atoms with Gasteiger partial charge in [-0.1, -0.05) is 27.3 Å². The van der Waals surface area contributed by atoms with Crippen molar-refractivity contribution in [1.29, 1.82) is 0 Å². The number of hydrogen-bond acceptors (Lipinski definition) is 4. The normalized spacial score (nSPS) is 14.4. The summed E-state index contributed by atoms with van der Waals surface area (Å²) in [6, 6.07) is 5.49. The lowest BCUT2D eigenvalue weighted by atomic mass is 10.1. The minimum Gasteiger partial charge on any atom is -0.493 e. The third kappa shape index (κ3) is 2.34. The van der Waals surface area contributed by atoms with Crippen LogP contribution in [0.3, 0.4) is 0 Å². The molecule has 7 heteroatoms. The predicted molar refractivity (Wildman–Crippen MR) is 88.2 cm³/mol. The van der Waals surface area contributed by atoms with Gasteiger partial charge in [-0.05, 0) is 32.0 Å². The number of fused-ring (bicyclic) bond motifs is 1. The highest BCUT2D eigenvalue weighted by atomic mass is 79.9. The van der Waals surface area contributed by atoms with E-state index in [0.29, 0.717) is 33.7 Å². The molecule has 2 heterocycles. The van der Waals surface area contributed by atoms with Crippen LogP contribution in [0.5, 0.6) is 5.88 Å². The summed E-state index contributed by atoms with van der Waals surface area (Å²) in [6.07, 6.45) is 0. The molecule has 22 heavy (non-hydrogen) atoms. The standard InChI is InChI=1S/C15H14BrN3O2S/c1-3-17-15-19(4-2)14(21)12(22-15)11-9-7-8(16)5-6-10(9)18-13(11)20/h5-7,21H,3-4H2,1-2H3. The van der Waals surface area contributed by atoms with Crippen molar-refractivity contribution in [2.24, 2.45) is 9.98 Å². The smallest absolute Gasteiger partial charge is 0.279 e. The topological polar surface area (TPSA) is 66.9 Å². The maximum atomic E-state index is 12.3. The lowest BCUT2D eigenvalue weighted by Crippen LogP contribution is -2.22. The highest BCUT2D eigenvalue weighted by molar-refractivity contribution is 9.10. The fourth-order valence-electron chi connectivity index (χ4n) is 2.41. The van der Waals surface area contributed by atoms with E-state index < -0.39 is 0 Å². The zero-order valence-corrected chi connectivity index (χ0v) is 14.5. The number of halogens is 1. The molecule has 0 radical (unpaired) electrons. The van der Waals surface area contributed by atoms with Gasteiger partial charge in [-0.15, -0.1) is 0 Å². The molecule has 1 aliphatic rings. The Morgan fingerprint density at radius 2 is 2.18 bits per heavy atom. The number of aromatic nitrogens is 1. The van der Waals surface area contributed by atoms with Crippen LogP contribution in [0, 0.1) is 0 Å². The molecule has 5 nitrogen and oxygen atoms in total. The molecule has 1 N–H and O–H groups in total. The number of thiazole rings is 1. The van der Waals surface area contributed by atoms with Crippen LogP contribution in [0.25, 0.3) is 5.57 Å². The van der Waals surface area contributed by atoms with Gasteiger partial charge in [-0.25, -0.2) is 4.99 Å². The van der Waals surface area contributed by atoms with E-state index in [2.05, 4.69) is 25.9 Å². The predicted octanol–water partition coefficient (Wildman–Crippen LogP) is 1.32. The molecule has 2 aromatic rings. The number of rotatable bonds is 3. The molecule has 0 bridgehead atoms. The first-order chi connectivity index (χ1) is 10.6. The van der Waals surface area contributed by atoms with Crippen molar-refractivity contribution in [3.8, 4) is 5.88 Å². The first-order valence-corrected chi connectivity index (χ1v) is 8.54. The van der Waals surface area contributed by atoms with Gasteiger partial charge in [0.2, 0.25) is 5.88 Å². The van der Waals surface area contributed by atoms with Crippen LogP contribution < -0.4 is 15.4 Å². The average Bonchev–Trinajstić information content (AvgIpc) is 2.95. The summed E-state index contributed by atoms with van der Waals surface area (Å²) in [5.74, 6) is -0.248. The van der Waals surface area contributed by atoms with E-state index in [-0.39, 0.29) is 11.8 Å². The van der Waals surface area contributed by atoms with Crippen molar-refractivity contribution in [3.05, 3.63) is 42.9 Å². The van der Waals surface area contributed by atoms with Gasteiger partial charge >= 0.3 is 0 Å². The average molecular weight is 380 g/mol. The first-order valence-electron chi connectivity index (χ1n) is 6.93. The molecule has 1 amide bonds. The van der Waals surface area contributed by atoms with Gasteiger partial charge in [-0.3, -0.25) is 14.4 Å². The van der Waals surface area contributed by atoms with Crippen molar-refractivity contribution in [1.82, 2.24) is 4.57 Å². The van der Waals surface area contributed by atoms with Crippen LogP contribution in [-0.2, 0) is 11.3 Å². The number of benzene rings is 1. The van der Waals surface area contributed by atoms with E-state index in [1.54, 1.807) is 10.6 Å². The molecule has 0 fully saturated rings. The van der Waals surface area contributed by atoms with Crippen molar-refractivity contribution >= 4 is 38.7 Å². The summed E-state index contributed by atoms with van der Waals surface area (Å²) in [5, 5.41) is 11.9. The van der Waals surface area contributed by atoms with Crippen LogP contribution in [0.15, 0.2) is 32.7 Å². The molecule has 3 rings (SSSR count). The van der Waals surface area contributed by atoms with Crippen molar-refractivity contribution in [2.75, 3.05) is 6.54 Å². The number of aromatic hydroxyl groups is 1. The van der Waals surface area contributed by atoms with Gasteiger partial charge < -0.3 is 5.11 Å². The second-order valence-corrected chi connectivity index (χ2v) is 6.60. The van der Waals surface area contributed by atoms with E-state index in [1.807, 2.05) is 26.0 Å². The number of nitrogens with zero attached hydrogens (tertiary/aromatic N) is 3. The number of carbonyl (C=O) groups is 1. The Balaban J connectivity index is 2.38. The lowest BCUT2D eigenvalue weighted by molar-refractivity contribution is -0.112. The van der Waals surface area contributed by atoms with Gasteiger partial charge in [0.15, 0.2) is 4.80 Å². The van der Waals surface area contributed by atoms with Crippen molar-refractivity contribution < 1.29 is 9.90 Å². The van der Waals surface area contributed by atoms with Crippen LogP contribution in [0.1, 0.15) is 18.7 Å². The van der Waals surface area contributed by atoms with Gasteiger partial charge in [-0.2, -0.15) is 0 Å². The molecule has 0 atom stereocenters. The molecule has 1 aromatic heterocycles. The Morgan fingerprint density at radius 3 is 2.86 bits per heavy atom. The van der Waals surface area contributed by atoms with E-state index >= 15 is 0 Å². The molecule has 114 valence electrons. The largest absolute Gasteiger partial charge is 0.493 e. The molecule has 1 aliphatic heterocycles. The Bertz CT molecular complexity index is 956. The zero-order valence-electron chi connectivity index (χ0n) is 12.1. The molecule has 1 aromatic carbocycles. The quantitative estimate of drug-likeness (QED) is 0.873. The molecule has 0 aliphatic carbocycles. The third-order valence-corrected chi connectivity index (χ3v) is 5.00. The molecule has 0 saturated carbocycles. The summed E-state index contributed by atoms with van der Waals surface area (Å²) >= 11 is 4.73. The number of carbonyl (C=O) groups excluding carboxylic acids is 1. The zero-order chi connectivity index (χ0) is 15.9. The van der Waals surface area contributed by atoms with Gasteiger partial charge in [0, 0.05) is 22.8 Å². The highest BCUT2D eigenvalue weighted by Gasteiger charge is 2.25. The fraction of sp³-hybridized carbons (Fsp3) is 0.267. The third-order valence-electron chi connectivity index (χ3n) is 3.38. The minimum atomic E-state index is -0.323. The Labute approximate surface area is 139 Å². The van der Waals surface area contributed by atoms with Crippen LogP contribution in [0.2, 0.25) is 0 Å². The highest BCUT2D eigenvalue weighted by Crippen LogP contribution is 2.28. The monoisotopic (exact) mass is 379 g/mol. The molecular weight excluding hydrogens is 366 g/mol. The second-order valence-electron chi connectivity index (χ2n) is 4.71. The Kier molecular flexibility index (Phi) is 4.01. The first kappa shape index (κ1) is 15.2. The molecular formula is C15H14BrN3O2S. The van der Waals surface area contributed by atoms with E-state index in [4.69, 9.17) is 0 Å². The summed E-state index contributed by atoms with van der Waals surface area (Å²) in [6.45, 7) is 5.08. The fourth-order valence-corrected chi connectivity index (χ4v) is 3.98. The van der Waals surface area contributed by atoms with Crippen LogP contribution >= 0.6 is 27.3 Å². The maximum absolute atomic E-state index is 12.3. The molecule has 0 spiro atoms. The minimum absolute atomic E-state index is 0.0751. The Morgan fingerprint density at radius 1 is 1.41 bits per heavy atom. The van der Waals surface area contributed by atoms with E-state index in [9.17, 15) is 9.90 Å². The van der Waals surface area contributed by atoms with Crippen molar-refractivity contribution in [2.45, 2.75) is 20.4 Å². The second kappa shape index (κ2) is 5.81. The molecule has 0 saturated heterocycles. The summed E-state index contributed by atoms with van der Waals surface area (Å²) in [5.41, 5.74) is 0.443. The maximum Gasteiger partial charge on any atom is 0.279 e. The number of hydrogen-bond donors (Lipinski definition) is 1. The summed E-state index contributed by atoms with van der Waals surface area (Å²) < 4.78 is 2.58. The summed E-state index contributed by atoms with van der Waals surface area (Å²) in [7, 11) is 0. The SMILES string of the molecule is CCN=c1sc(C2=c3cc(Br)ccc3=NC2=O)c(O)n1CC. The lowest BCUT2D eigenvalue weighted by Gasteiger charge is -2.01. The van der Waals surface area contributed by atoms with Gasteiger partial charge in [0.05, 0.1) is 10.9 Å². The molecule has 0 unspecified atom stereocenters. The van der Waals surface area contributed by atoms with E-state index in [1.165, 1.54) is 11.3 Å². The summed E-state index contributed by atoms with van der Waals surface area (Å²) in [4.78, 5) is 22.0. The van der Waals surface area contributed by atoms with Gasteiger partial charge in [0.1, 0.15) is 4.88 Å². The van der Waals surface area contributed by atoms with Crippen LogP contribution in [0.4, 0.5) is 0 Å². The number of amides is 1. The Hall–Kier alpha value is -1.73. The van der Waals surface area contributed by atoms with Crippen molar-refractivity contribution in [3.63, 3.8) is 0 Å².